The monoisotopic (exact) mass is 392 g/mol. The van der Waals surface area contributed by atoms with E-state index in [-0.39, 0.29) is 17.8 Å². The molecule has 1 heterocycles. The number of hydrogen-bond donors (Lipinski definition) is 2. The van der Waals surface area contributed by atoms with Crippen LogP contribution in [0.4, 0.5) is 4.39 Å². The average molecular weight is 392 g/mol. The minimum absolute atomic E-state index is 0.215. The number of rotatable bonds is 8. The molecule has 0 atom stereocenters. The summed E-state index contributed by atoms with van der Waals surface area (Å²) in [7, 11) is 0. The first kappa shape index (κ1) is 21.0. The number of ether oxygens (including phenoxy) is 1. The van der Waals surface area contributed by atoms with E-state index in [1.165, 1.54) is 6.07 Å². The summed E-state index contributed by atoms with van der Waals surface area (Å²) in [5.41, 5.74) is 2.61. The van der Waals surface area contributed by atoms with Crippen LogP contribution >= 0.6 is 11.8 Å². The number of hydrogen-bond acceptors (Lipinski definition) is 4. The van der Waals surface area contributed by atoms with E-state index >= 15 is 0 Å². The lowest BCUT2D eigenvalue weighted by molar-refractivity contribution is 0.0376. The van der Waals surface area contributed by atoms with E-state index < -0.39 is 5.97 Å². The van der Waals surface area contributed by atoms with E-state index in [0.717, 1.165) is 0 Å². The zero-order valence-electron chi connectivity index (χ0n) is 16.0. The highest BCUT2D eigenvalue weighted by atomic mass is 32.2. The van der Waals surface area contributed by atoms with Gasteiger partial charge in [-0.2, -0.15) is 11.8 Å². The van der Waals surface area contributed by atoms with Gasteiger partial charge >= 0.3 is 5.97 Å². The minimum atomic E-state index is -0.434. The van der Waals surface area contributed by atoms with Gasteiger partial charge in [0, 0.05) is 23.7 Å². The molecule has 0 aliphatic carbocycles. The van der Waals surface area contributed by atoms with Crippen LogP contribution in [-0.2, 0) is 10.5 Å². The molecule has 0 fully saturated rings. The molecule has 0 spiro atoms. The Labute approximate surface area is 163 Å². The van der Waals surface area contributed by atoms with Crippen molar-refractivity contribution in [2.24, 2.45) is 0 Å². The number of esters is 1. The lowest BCUT2D eigenvalue weighted by atomic mass is 10.1. The van der Waals surface area contributed by atoms with E-state index in [1.54, 1.807) is 57.7 Å². The molecule has 0 aliphatic rings. The second-order valence-electron chi connectivity index (χ2n) is 6.48. The quantitative estimate of drug-likeness (QED) is 0.526. The third kappa shape index (κ3) is 5.60. The van der Waals surface area contributed by atoms with Gasteiger partial charge in [0.05, 0.1) is 11.7 Å². The van der Waals surface area contributed by atoms with Gasteiger partial charge in [0.15, 0.2) is 0 Å². The Bertz CT molecular complexity index is 818. The van der Waals surface area contributed by atoms with Gasteiger partial charge in [-0.25, -0.2) is 9.18 Å². The van der Waals surface area contributed by atoms with Crippen LogP contribution in [0.3, 0.4) is 0 Å². The summed E-state index contributed by atoms with van der Waals surface area (Å²) >= 11 is 1.54. The Morgan fingerprint density at radius 3 is 2.63 bits per heavy atom. The molecule has 1 aromatic carbocycles. The number of thioether (sulfide) groups is 1. The van der Waals surface area contributed by atoms with Crippen LogP contribution in [0.2, 0.25) is 0 Å². The fraction of sp³-hybridized carbons (Fsp3) is 0.400. The molecule has 1 aromatic heterocycles. The highest BCUT2D eigenvalue weighted by Gasteiger charge is 2.23. The number of carbonyl (C=O) groups is 2. The Morgan fingerprint density at radius 1 is 1.26 bits per heavy atom. The van der Waals surface area contributed by atoms with Crippen molar-refractivity contribution in [1.29, 1.82) is 0 Å². The fourth-order valence-electron chi connectivity index (χ4n) is 2.68. The fourth-order valence-corrected chi connectivity index (χ4v) is 3.52. The van der Waals surface area contributed by atoms with Gasteiger partial charge in [0.25, 0.3) is 5.91 Å². The van der Waals surface area contributed by atoms with Crippen LogP contribution in [-0.4, -0.2) is 35.3 Å². The predicted octanol–water partition coefficient (Wildman–Crippen LogP) is 4.00. The molecule has 0 unspecified atom stereocenters. The first-order valence-corrected chi connectivity index (χ1v) is 9.96. The number of benzene rings is 1. The second-order valence-corrected chi connectivity index (χ2v) is 7.58. The zero-order chi connectivity index (χ0) is 20.0. The Morgan fingerprint density at radius 2 is 1.96 bits per heavy atom. The molecule has 0 bridgehead atoms. The highest BCUT2D eigenvalue weighted by molar-refractivity contribution is 7.98. The summed E-state index contributed by atoms with van der Waals surface area (Å²) < 4.78 is 18.8. The maximum Gasteiger partial charge on any atom is 0.340 e. The molecule has 0 saturated carbocycles. The van der Waals surface area contributed by atoms with Gasteiger partial charge in [-0.05, 0) is 44.9 Å². The summed E-state index contributed by atoms with van der Waals surface area (Å²) in [5.74, 6) is 0.281. The summed E-state index contributed by atoms with van der Waals surface area (Å²) in [6, 6.07) is 6.66. The molecule has 146 valence electrons. The van der Waals surface area contributed by atoms with E-state index in [2.05, 4.69) is 10.3 Å². The smallest absolute Gasteiger partial charge is 0.340 e. The van der Waals surface area contributed by atoms with Gasteiger partial charge in [0.1, 0.15) is 11.5 Å². The Hall–Kier alpha value is -2.28. The molecule has 0 radical (unpaired) electrons. The van der Waals surface area contributed by atoms with E-state index in [4.69, 9.17) is 4.74 Å². The topological polar surface area (TPSA) is 71.2 Å². The zero-order valence-corrected chi connectivity index (χ0v) is 16.8. The van der Waals surface area contributed by atoms with Crippen molar-refractivity contribution in [1.82, 2.24) is 10.3 Å². The number of carbonyl (C=O) groups excluding carboxylic acids is 2. The van der Waals surface area contributed by atoms with Crippen molar-refractivity contribution < 1.29 is 18.7 Å². The first-order chi connectivity index (χ1) is 12.8. The largest absolute Gasteiger partial charge is 0.459 e. The second kappa shape index (κ2) is 9.60. The Balaban J connectivity index is 1.87. The normalized spacial score (nSPS) is 10.9. The standard InChI is InChI=1S/C20H25FN2O3S/c1-12(2)26-20(25)17-13(3)18(23-14(17)4)19(24)22-9-10-27-11-15-7-5-6-8-16(15)21/h5-8,12,23H,9-11H2,1-4H3,(H,22,24). The highest BCUT2D eigenvalue weighted by Crippen LogP contribution is 2.20. The van der Waals surface area contributed by atoms with E-state index in [9.17, 15) is 14.0 Å². The van der Waals surface area contributed by atoms with Crippen molar-refractivity contribution in [3.63, 3.8) is 0 Å². The predicted molar refractivity (Wildman–Crippen MR) is 106 cm³/mol. The van der Waals surface area contributed by atoms with Gasteiger partial charge < -0.3 is 15.0 Å². The average Bonchev–Trinajstić information content (AvgIpc) is 2.90. The summed E-state index contributed by atoms with van der Waals surface area (Å²) in [6.45, 7) is 7.47. The van der Waals surface area contributed by atoms with Crippen molar-refractivity contribution in [3.8, 4) is 0 Å². The van der Waals surface area contributed by atoms with Crippen LogP contribution in [0.5, 0.6) is 0 Å². The van der Waals surface area contributed by atoms with Gasteiger partial charge in [0.2, 0.25) is 0 Å². The molecule has 5 nitrogen and oxygen atoms in total. The van der Waals surface area contributed by atoms with Gasteiger partial charge in [-0.3, -0.25) is 4.79 Å². The number of aromatic amines is 1. The van der Waals surface area contributed by atoms with Crippen LogP contribution in [0.15, 0.2) is 24.3 Å². The summed E-state index contributed by atoms with van der Waals surface area (Å²) in [6.07, 6.45) is -0.227. The van der Waals surface area contributed by atoms with E-state index in [0.29, 0.717) is 46.1 Å². The molecule has 2 aromatic rings. The van der Waals surface area contributed by atoms with Crippen LogP contribution in [0, 0.1) is 19.7 Å². The summed E-state index contributed by atoms with van der Waals surface area (Å²) in [5, 5.41) is 2.82. The van der Waals surface area contributed by atoms with Crippen LogP contribution < -0.4 is 5.32 Å². The molecular formula is C20H25FN2O3S. The maximum atomic E-state index is 13.6. The third-order valence-corrected chi connectivity index (χ3v) is 4.97. The number of amides is 1. The molecule has 7 heteroatoms. The lowest BCUT2D eigenvalue weighted by Crippen LogP contribution is -2.26. The molecule has 1 amide bonds. The number of nitrogens with one attached hydrogen (secondary N) is 2. The molecule has 0 aliphatic heterocycles. The molecule has 0 saturated heterocycles. The van der Waals surface area contributed by atoms with Crippen molar-refractivity contribution in [3.05, 3.63) is 58.2 Å². The first-order valence-electron chi connectivity index (χ1n) is 8.80. The van der Waals surface area contributed by atoms with Gasteiger partial charge in [-0.15, -0.1) is 0 Å². The minimum Gasteiger partial charge on any atom is -0.459 e. The van der Waals surface area contributed by atoms with Crippen molar-refractivity contribution in [2.45, 2.75) is 39.6 Å². The number of H-pyrrole nitrogens is 1. The van der Waals surface area contributed by atoms with Crippen molar-refractivity contribution >= 4 is 23.6 Å². The number of aryl methyl sites for hydroxylation is 1. The van der Waals surface area contributed by atoms with Crippen LogP contribution in [0.1, 0.15) is 51.5 Å². The molecule has 2 N–H and O–H groups in total. The van der Waals surface area contributed by atoms with Gasteiger partial charge in [-0.1, -0.05) is 18.2 Å². The number of halogens is 1. The summed E-state index contributed by atoms with van der Waals surface area (Å²) in [4.78, 5) is 27.6. The van der Waals surface area contributed by atoms with E-state index in [1.807, 2.05) is 0 Å². The number of aromatic nitrogens is 1. The lowest BCUT2D eigenvalue weighted by Gasteiger charge is -2.08. The maximum absolute atomic E-state index is 13.6. The molecule has 2 rings (SSSR count). The third-order valence-electron chi connectivity index (χ3n) is 3.96. The Kier molecular flexibility index (Phi) is 7.47. The van der Waals surface area contributed by atoms with Crippen LogP contribution in [0.25, 0.3) is 0 Å². The SMILES string of the molecule is Cc1[nH]c(C(=O)NCCSCc2ccccc2F)c(C)c1C(=O)OC(C)C. The van der Waals surface area contributed by atoms with Crippen molar-refractivity contribution in [2.75, 3.05) is 12.3 Å². The molecule has 27 heavy (non-hydrogen) atoms. The molecular weight excluding hydrogens is 367 g/mol.